The van der Waals surface area contributed by atoms with E-state index in [1.165, 1.54) is 0 Å². The number of fused-ring (bicyclic) bond motifs is 2. The quantitative estimate of drug-likeness (QED) is 0.564. The van der Waals surface area contributed by atoms with Crippen molar-refractivity contribution in [2.45, 2.75) is 6.92 Å². The van der Waals surface area contributed by atoms with Gasteiger partial charge in [-0.3, -0.25) is 4.79 Å². The van der Waals surface area contributed by atoms with Crippen molar-refractivity contribution < 1.29 is 4.79 Å². The monoisotopic (exact) mass is 220 g/mol. The van der Waals surface area contributed by atoms with Gasteiger partial charge in [0.15, 0.2) is 5.78 Å². The van der Waals surface area contributed by atoms with Crippen molar-refractivity contribution in [2.75, 3.05) is 0 Å². The molecule has 3 rings (SSSR count). The van der Waals surface area contributed by atoms with Crippen LogP contribution in [0.2, 0.25) is 0 Å². The number of carbonyl (C=O) groups is 1. The first-order valence-electron chi connectivity index (χ1n) is 5.72. The van der Waals surface area contributed by atoms with Crippen molar-refractivity contribution >= 4 is 11.4 Å². The molecule has 82 valence electrons. The maximum absolute atomic E-state index is 12.3. The van der Waals surface area contributed by atoms with E-state index >= 15 is 0 Å². The van der Waals surface area contributed by atoms with Crippen LogP contribution in [0.25, 0.3) is 5.57 Å². The Bertz CT molecular complexity index is 584. The summed E-state index contributed by atoms with van der Waals surface area (Å²) in [5.41, 5.74) is 4.84. The van der Waals surface area contributed by atoms with Gasteiger partial charge in [0.1, 0.15) is 0 Å². The van der Waals surface area contributed by atoms with Crippen molar-refractivity contribution in [3.05, 3.63) is 76.9 Å². The van der Waals surface area contributed by atoms with E-state index < -0.39 is 0 Å². The topological polar surface area (TPSA) is 17.1 Å². The minimum absolute atomic E-state index is 0.127. The minimum atomic E-state index is 0.127. The Balaban J connectivity index is 2.37. The molecule has 17 heavy (non-hydrogen) atoms. The molecule has 0 bridgehead atoms. The van der Waals surface area contributed by atoms with Crippen LogP contribution in [0.1, 0.15) is 34.0 Å². The van der Waals surface area contributed by atoms with E-state index in [9.17, 15) is 4.79 Å². The molecule has 0 saturated heterocycles. The van der Waals surface area contributed by atoms with Crippen LogP contribution in [0.4, 0.5) is 0 Å². The van der Waals surface area contributed by atoms with Crippen LogP contribution in [-0.2, 0) is 0 Å². The summed E-state index contributed by atoms with van der Waals surface area (Å²) in [6.07, 6.45) is 2.07. The average molecular weight is 220 g/mol. The Hall–Kier alpha value is -2.15. The molecule has 2 aromatic rings. The lowest BCUT2D eigenvalue weighted by molar-refractivity contribution is 0.103. The van der Waals surface area contributed by atoms with Gasteiger partial charge >= 0.3 is 0 Å². The fraction of sp³-hybridized carbons (Fsp3) is 0.0625. The van der Waals surface area contributed by atoms with Crippen LogP contribution in [0.3, 0.4) is 0 Å². The molecule has 0 aliphatic heterocycles. The molecule has 1 aliphatic rings. The molecule has 0 radical (unpaired) electrons. The summed E-state index contributed by atoms with van der Waals surface area (Å²) in [5, 5.41) is 0. The third-order valence-electron chi connectivity index (χ3n) is 3.21. The summed E-state index contributed by atoms with van der Waals surface area (Å²) in [6, 6.07) is 15.6. The van der Waals surface area contributed by atoms with Gasteiger partial charge in [-0.05, 0) is 23.6 Å². The molecule has 1 heteroatoms. The Morgan fingerprint density at radius 2 is 1.18 bits per heavy atom. The highest BCUT2D eigenvalue weighted by molar-refractivity contribution is 6.18. The van der Waals surface area contributed by atoms with Crippen LogP contribution in [0.15, 0.2) is 54.6 Å². The van der Waals surface area contributed by atoms with E-state index in [-0.39, 0.29) is 5.78 Å². The SMILES string of the molecule is CC=C1c2ccccc2C(=O)c2ccccc21. The molecule has 2 aromatic carbocycles. The second kappa shape index (κ2) is 3.70. The Labute approximate surface area is 100 Å². The highest BCUT2D eigenvalue weighted by Gasteiger charge is 2.25. The number of rotatable bonds is 0. The molecular formula is C16H12O. The largest absolute Gasteiger partial charge is 0.289 e. The van der Waals surface area contributed by atoms with Crippen LogP contribution < -0.4 is 0 Å². The zero-order valence-electron chi connectivity index (χ0n) is 9.60. The zero-order valence-corrected chi connectivity index (χ0v) is 9.60. The molecule has 0 saturated carbocycles. The third kappa shape index (κ3) is 1.36. The Morgan fingerprint density at radius 3 is 1.59 bits per heavy atom. The lowest BCUT2D eigenvalue weighted by Gasteiger charge is -2.21. The van der Waals surface area contributed by atoms with Gasteiger partial charge in [0.05, 0.1) is 0 Å². The Kier molecular flexibility index (Phi) is 2.19. The van der Waals surface area contributed by atoms with Gasteiger partial charge in [0.25, 0.3) is 0 Å². The zero-order chi connectivity index (χ0) is 11.8. The molecule has 0 unspecified atom stereocenters. The van der Waals surface area contributed by atoms with Crippen molar-refractivity contribution in [2.24, 2.45) is 0 Å². The fourth-order valence-corrected chi connectivity index (χ4v) is 2.43. The predicted octanol–water partition coefficient (Wildman–Crippen LogP) is 3.68. The Morgan fingerprint density at radius 1 is 0.765 bits per heavy atom. The number of hydrogen-bond acceptors (Lipinski definition) is 1. The van der Waals surface area contributed by atoms with Crippen LogP contribution in [-0.4, -0.2) is 5.78 Å². The second-order valence-electron chi connectivity index (χ2n) is 4.12. The van der Waals surface area contributed by atoms with Crippen molar-refractivity contribution in [1.82, 2.24) is 0 Å². The minimum Gasteiger partial charge on any atom is -0.289 e. The van der Waals surface area contributed by atoms with Gasteiger partial charge < -0.3 is 0 Å². The van der Waals surface area contributed by atoms with E-state index in [0.29, 0.717) is 0 Å². The third-order valence-corrected chi connectivity index (χ3v) is 3.21. The molecule has 0 N–H and O–H groups in total. The molecule has 0 fully saturated rings. The normalized spacial score (nSPS) is 13.0. The highest BCUT2D eigenvalue weighted by Crippen LogP contribution is 2.35. The summed E-state index contributed by atoms with van der Waals surface area (Å²) in [7, 11) is 0. The number of benzene rings is 2. The van der Waals surface area contributed by atoms with E-state index in [2.05, 4.69) is 6.08 Å². The van der Waals surface area contributed by atoms with Crippen molar-refractivity contribution in [3.8, 4) is 0 Å². The predicted molar refractivity (Wildman–Crippen MR) is 69.1 cm³/mol. The fourth-order valence-electron chi connectivity index (χ4n) is 2.43. The maximum Gasteiger partial charge on any atom is 0.194 e. The molecule has 0 atom stereocenters. The molecule has 0 spiro atoms. The van der Waals surface area contributed by atoms with E-state index in [1.54, 1.807) is 0 Å². The summed E-state index contributed by atoms with van der Waals surface area (Å²) in [5.74, 6) is 0.127. The summed E-state index contributed by atoms with van der Waals surface area (Å²) in [4.78, 5) is 12.3. The smallest absolute Gasteiger partial charge is 0.194 e. The van der Waals surface area contributed by atoms with Gasteiger partial charge in [-0.25, -0.2) is 0 Å². The van der Waals surface area contributed by atoms with Gasteiger partial charge in [0, 0.05) is 11.1 Å². The maximum atomic E-state index is 12.3. The molecular weight excluding hydrogens is 208 g/mol. The van der Waals surface area contributed by atoms with Gasteiger partial charge in [0.2, 0.25) is 0 Å². The number of ketones is 1. The number of allylic oxidation sites excluding steroid dienone is 1. The molecule has 0 aromatic heterocycles. The summed E-state index contributed by atoms with van der Waals surface area (Å²) in [6.45, 7) is 2.01. The first-order chi connectivity index (χ1) is 8.33. The van der Waals surface area contributed by atoms with E-state index in [1.807, 2.05) is 55.5 Å². The first-order valence-corrected chi connectivity index (χ1v) is 5.72. The summed E-state index contributed by atoms with van der Waals surface area (Å²) < 4.78 is 0. The van der Waals surface area contributed by atoms with Crippen LogP contribution >= 0.6 is 0 Å². The highest BCUT2D eigenvalue weighted by atomic mass is 16.1. The second-order valence-corrected chi connectivity index (χ2v) is 4.12. The first kappa shape index (κ1) is 10.0. The molecule has 0 amide bonds. The van der Waals surface area contributed by atoms with E-state index in [4.69, 9.17) is 0 Å². The van der Waals surface area contributed by atoms with E-state index in [0.717, 1.165) is 27.8 Å². The average Bonchev–Trinajstić information content (AvgIpc) is 2.40. The van der Waals surface area contributed by atoms with Gasteiger partial charge in [-0.15, -0.1) is 0 Å². The summed E-state index contributed by atoms with van der Waals surface area (Å²) >= 11 is 0. The lowest BCUT2D eigenvalue weighted by Crippen LogP contribution is -2.13. The standard InChI is InChI=1S/C16H12O/c1-2-11-12-7-3-5-9-14(12)16(17)15-10-6-4-8-13(11)15/h2-10H,1H3. The van der Waals surface area contributed by atoms with Crippen molar-refractivity contribution in [1.29, 1.82) is 0 Å². The number of hydrogen-bond donors (Lipinski definition) is 0. The van der Waals surface area contributed by atoms with Crippen LogP contribution in [0, 0.1) is 0 Å². The molecule has 1 aliphatic carbocycles. The molecule has 1 nitrogen and oxygen atoms in total. The van der Waals surface area contributed by atoms with Crippen LogP contribution in [0.5, 0.6) is 0 Å². The molecule has 0 heterocycles. The lowest BCUT2D eigenvalue weighted by atomic mass is 9.81. The van der Waals surface area contributed by atoms with Gasteiger partial charge in [-0.2, -0.15) is 0 Å². The number of carbonyl (C=O) groups excluding carboxylic acids is 1. The van der Waals surface area contributed by atoms with Crippen molar-refractivity contribution in [3.63, 3.8) is 0 Å². The van der Waals surface area contributed by atoms with Gasteiger partial charge in [-0.1, -0.05) is 54.6 Å².